The van der Waals surface area contributed by atoms with Crippen LogP contribution in [0.3, 0.4) is 0 Å². The van der Waals surface area contributed by atoms with Gasteiger partial charge in [-0.15, -0.1) is 0 Å². The van der Waals surface area contributed by atoms with E-state index in [0.717, 1.165) is 0 Å². The van der Waals surface area contributed by atoms with Crippen molar-refractivity contribution in [1.29, 1.82) is 0 Å². The van der Waals surface area contributed by atoms with E-state index < -0.39 is 5.41 Å². The Kier molecular flexibility index (Phi) is 8.30. The zero-order valence-electron chi connectivity index (χ0n) is 36.7. The van der Waals surface area contributed by atoms with Gasteiger partial charge in [-0.2, -0.15) is 0 Å². The van der Waals surface area contributed by atoms with Crippen LogP contribution in [0.5, 0.6) is 0 Å². The summed E-state index contributed by atoms with van der Waals surface area (Å²) in [7, 11) is 0. The van der Waals surface area contributed by atoms with Crippen LogP contribution >= 0.6 is 0 Å². The van der Waals surface area contributed by atoms with Crippen molar-refractivity contribution in [2.45, 2.75) is 5.41 Å². The highest BCUT2D eigenvalue weighted by Crippen LogP contribution is 2.61. The lowest BCUT2D eigenvalue weighted by molar-refractivity contribution is 0.777. The Labute approximate surface area is 389 Å². The molecule has 67 heavy (non-hydrogen) atoms. The van der Waals surface area contributed by atoms with Gasteiger partial charge in [0.05, 0.1) is 5.41 Å². The second-order valence-corrected chi connectivity index (χ2v) is 18.2. The first-order valence-electron chi connectivity index (χ1n) is 23.4. The number of fused-ring (bicyclic) bond motifs is 12. The van der Waals surface area contributed by atoms with Crippen LogP contribution in [0.15, 0.2) is 255 Å². The fourth-order valence-electron chi connectivity index (χ4n) is 12.2. The van der Waals surface area contributed by atoms with E-state index in [2.05, 4.69) is 255 Å². The maximum absolute atomic E-state index is 2.54. The minimum Gasteiger partial charge on any atom is -0.0622 e. The van der Waals surface area contributed by atoms with Crippen LogP contribution < -0.4 is 0 Å². The molecule has 0 aliphatic heterocycles. The fourth-order valence-corrected chi connectivity index (χ4v) is 12.2. The molecule has 0 fully saturated rings. The van der Waals surface area contributed by atoms with E-state index in [4.69, 9.17) is 0 Å². The maximum Gasteiger partial charge on any atom is 0.0720 e. The molecule has 310 valence electrons. The largest absolute Gasteiger partial charge is 0.0720 e. The van der Waals surface area contributed by atoms with Crippen molar-refractivity contribution < 1.29 is 0 Å². The second-order valence-electron chi connectivity index (χ2n) is 18.2. The van der Waals surface area contributed by atoms with E-state index >= 15 is 0 Å². The lowest BCUT2D eigenvalue weighted by atomic mass is 9.66. The molecule has 0 N–H and O–H groups in total. The van der Waals surface area contributed by atoms with Crippen LogP contribution in [0.2, 0.25) is 0 Å². The molecule has 0 bridgehead atoms. The average molecular weight is 847 g/mol. The minimum absolute atomic E-state index is 0.569. The Balaban J connectivity index is 1.05. The third-order valence-corrected chi connectivity index (χ3v) is 14.9. The molecule has 1 aliphatic rings. The van der Waals surface area contributed by atoms with E-state index in [1.807, 2.05) is 0 Å². The van der Waals surface area contributed by atoms with Crippen LogP contribution in [0.25, 0.3) is 109 Å². The van der Waals surface area contributed by atoms with E-state index in [0.29, 0.717) is 0 Å². The van der Waals surface area contributed by atoms with Gasteiger partial charge >= 0.3 is 0 Å². The Hall–Kier alpha value is -8.58. The SMILES string of the molecule is c1ccc(-c2ccc(-c3c4ccccc4c(-c4ccc5cc6c(cc5c4)C(c4ccccc4)(c4ccccc4)c4c-6c5ccccc5c5ccccc45)c4ccccc34)c3ccccc23)cc1. The topological polar surface area (TPSA) is 0 Å². The molecule has 13 aromatic rings. The van der Waals surface area contributed by atoms with Gasteiger partial charge in [0.2, 0.25) is 0 Å². The standard InChI is InChI=1S/C67H42/c1-4-20-43(21-5-1)49-38-39-59(51-27-11-10-26-50(49)51)64-57-33-17-15-31-55(57)63(56-32-16-18-34-58(56)64)45-37-36-44-41-61-62(42-46(44)40-45)67(47-22-6-2-7-23-47,48-24-8-3-9-25-48)66-60-35-19-13-29-53(60)52-28-12-14-30-54(52)65(61)66/h1-42H. The third-order valence-electron chi connectivity index (χ3n) is 14.9. The molecule has 1 aliphatic carbocycles. The first-order valence-corrected chi connectivity index (χ1v) is 23.4. The molecule has 14 rings (SSSR count). The summed E-state index contributed by atoms with van der Waals surface area (Å²) >= 11 is 0. The number of hydrogen-bond acceptors (Lipinski definition) is 0. The van der Waals surface area contributed by atoms with Gasteiger partial charge in [0.25, 0.3) is 0 Å². The van der Waals surface area contributed by atoms with Gasteiger partial charge in [-0.25, -0.2) is 0 Å². The molecule has 0 heteroatoms. The van der Waals surface area contributed by atoms with Gasteiger partial charge in [0.15, 0.2) is 0 Å². The molecular weight excluding hydrogens is 805 g/mol. The van der Waals surface area contributed by atoms with Crippen LogP contribution in [0.4, 0.5) is 0 Å². The van der Waals surface area contributed by atoms with Crippen molar-refractivity contribution in [3.63, 3.8) is 0 Å². The summed E-state index contributed by atoms with van der Waals surface area (Å²) in [5, 5.41) is 15.2. The van der Waals surface area contributed by atoms with E-state index in [-0.39, 0.29) is 0 Å². The Morgan fingerprint density at radius 1 is 0.224 bits per heavy atom. The Bertz CT molecular complexity index is 4030. The lowest BCUT2D eigenvalue weighted by Crippen LogP contribution is -2.28. The third kappa shape index (κ3) is 5.42. The number of hydrogen-bond donors (Lipinski definition) is 0. The molecular formula is C67H42. The Morgan fingerprint density at radius 3 is 1.24 bits per heavy atom. The summed E-state index contributed by atoms with van der Waals surface area (Å²) in [6.07, 6.45) is 0. The predicted octanol–water partition coefficient (Wildman–Crippen LogP) is 18.0. The van der Waals surface area contributed by atoms with Crippen LogP contribution in [-0.2, 0) is 5.41 Å². The highest BCUT2D eigenvalue weighted by Gasteiger charge is 2.48. The average Bonchev–Trinajstić information content (AvgIpc) is 3.71. The Morgan fingerprint density at radius 2 is 0.657 bits per heavy atom. The zero-order chi connectivity index (χ0) is 44.1. The monoisotopic (exact) mass is 846 g/mol. The van der Waals surface area contributed by atoms with Crippen molar-refractivity contribution >= 4 is 64.6 Å². The minimum atomic E-state index is -0.569. The summed E-state index contributed by atoms with van der Waals surface area (Å²) in [4.78, 5) is 0. The van der Waals surface area contributed by atoms with Crippen LogP contribution in [0.1, 0.15) is 22.3 Å². The molecule has 0 saturated heterocycles. The molecule has 0 heterocycles. The van der Waals surface area contributed by atoms with Crippen molar-refractivity contribution in [2.75, 3.05) is 0 Å². The molecule has 0 saturated carbocycles. The van der Waals surface area contributed by atoms with E-state index in [9.17, 15) is 0 Å². The van der Waals surface area contributed by atoms with Gasteiger partial charge in [-0.1, -0.05) is 237 Å². The smallest absolute Gasteiger partial charge is 0.0622 e. The predicted molar refractivity (Wildman–Crippen MR) is 285 cm³/mol. The van der Waals surface area contributed by atoms with Gasteiger partial charge in [-0.3, -0.25) is 0 Å². The summed E-state index contributed by atoms with van der Waals surface area (Å²) in [6.45, 7) is 0. The molecule has 0 atom stereocenters. The zero-order valence-corrected chi connectivity index (χ0v) is 36.7. The quantitative estimate of drug-likeness (QED) is 0.120. The van der Waals surface area contributed by atoms with Crippen molar-refractivity contribution in [3.8, 4) is 44.5 Å². The van der Waals surface area contributed by atoms with Gasteiger partial charge in [0, 0.05) is 0 Å². The highest BCUT2D eigenvalue weighted by molar-refractivity contribution is 6.25. The fraction of sp³-hybridized carbons (Fsp3) is 0.0149. The molecule has 0 radical (unpaired) electrons. The molecule has 0 amide bonds. The summed E-state index contributed by atoms with van der Waals surface area (Å²) in [6, 6.07) is 95.3. The molecule has 13 aromatic carbocycles. The first-order chi connectivity index (χ1) is 33.3. The molecule has 0 unspecified atom stereocenters. The molecule has 0 aromatic heterocycles. The molecule has 0 spiro atoms. The highest BCUT2D eigenvalue weighted by atomic mass is 14.5. The normalized spacial score (nSPS) is 12.9. The lowest BCUT2D eigenvalue weighted by Gasteiger charge is -2.35. The molecule has 0 nitrogen and oxygen atoms in total. The van der Waals surface area contributed by atoms with Crippen molar-refractivity contribution in [2.24, 2.45) is 0 Å². The second kappa shape index (κ2) is 14.7. The number of rotatable bonds is 5. The first kappa shape index (κ1) is 37.8. The van der Waals surface area contributed by atoms with Gasteiger partial charge < -0.3 is 0 Å². The summed E-state index contributed by atoms with van der Waals surface area (Å²) < 4.78 is 0. The van der Waals surface area contributed by atoms with Crippen LogP contribution in [-0.4, -0.2) is 0 Å². The van der Waals surface area contributed by atoms with Crippen LogP contribution in [0, 0.1) is 0 Å². The van der Waals surface area contributed by atoms with E-state index in [1.165, 1.54) is 131 Å². The van der Waals surface area contributed by atoms with Gasteiger partial charge in [-0.05, 0) is 150 Å². The summed E-state index contributed by atoms with van der Waals surface area (Å²) in [5.74, 6) is 0. The van der Waals surface area contributed by atoms with Crippen molar-refractivity contribution in [3.05, 3.63) is 277 Å². The number of benzene rings is 13. The maximum atomic E-state index is 2.54. The van der Waals surface area contributed by atoms with Gasteiger partial charge in [0.1, 0.15) is 0 Å². The van der Waals surface area contributed by atoms with E-state index in [1.54, 1.807) is 0 Å². The van der Waals surface area contributed by atoms with Crippen molar-refractivity contribution in [1.82, 2.24) is 0 Å². The summed E-state index contributed by atoms with van der Waals surface area (Å²) in [5.41, 5.74) is 14.8.